The van der Waals surface area contributed by atoms with Crippen molar-refractivity contribution < 1.29 is 4.79 Å². The van der Waals surface area contributed by atoms with Gasteiger partial charge in [-0.15, -0.1) is 0 Å². The van der Waals surface area contributed by atoms with Crippen LogP contribution in [0, 0.1) is 0 Å². The van der Waals surface area contributed by atoms with Crippen molar-refractivity contribution in [2.24, 2.45) is 0 Å². The first-order chi connectivity index (χ1) is 8.58. The maximum Gasteiger partial charge on any atom is 0.239 e. The first-order valence-electron chi connectivity index (χ1n) is 6.71. The molecule has 1 aromatic heterocycles. The number of carbonyl (C=O) groups is 1. The summed E-state index contributed by atoms with van der Waals surface area (Å²) in [5, 5.41) is 3.26. The molecule has 18 heavy (non-hydrogen) atoms. The zero-order valence-electron chi connectivity index (χ0n) is 11.9. The number of nitrogens with one attached hydrogen (secondary N) is 1. The van der Waals surface area contributed by atoms with Gasteiger partial charge in [0.05, 0.1) is 6.04 Å². The van der Waals surface area contributed by atoms with Crippen molar-refractivity contribution in [3.8, 4) is 0 Å². The molecule has 0 aromatic carbocycles. The summed E-state index contributed by atoms with van der Waals surface area (Å²) >= 11 is 0. The van der Waals surface area contributed by atoms with E-state index in [9.17, 15) is 4.79 Å². The molecule has 0 aliphatic rings. The summed E-state index contributed by atoms with van der Waals surface area (Å²) in [5.41, 5.74) is 1.22. The maximum absolute atomic E-state index is 11.9. The smallest absolute Gasteiger partial charge is 0.239 e. The summed E-state index contributed by atoms with van der Waals surface area (Å²) in [6, 6.07) is 1.97. The number of carbonyl (C=O) groups excluding carboxylic acids is 1. The van der Waals surface area contributed by atoms with Crippen molar-refractivity contribution in [3.63, 3.8) is 0 Å². The van der Waals surface area contributed by atoms with E-state index in [2.05, 4.69) is 35.3 Å². The van der Waals surface area contributed by atoms with Crippen LogP contribution >= 0.6 is 0 Å². The third-order valence-corrected chi connectivity index (χ3v) is 3.13. The van der Waals surface area contributed by atoms with E-state index in [4.69, 9.17) is 0 Å². The van der Waals surface area contributed by atoms with E-state index in [1.54, 1.807) is 4.90 Å². The summed E-state index contributed by atoms with van der Waals surface area (Å²) in [6.07, 6.45) is 5.36. The molecule has 0 saturated carbocycles. The van der Waals surface area contributed by atoms with E-state index in [1.807, 2.05) is 20.9 Å². The Balaban J connectivity index is 2.41. The fourth-order valence-corrected chi connectivity index (χ4v) is 1.84. The van der Waals surface area contributed by atoms with E-state index in [0.717, 1.165) is 26.1 Å². The van der Waals surface area contributed by atoms with E-state index in [-0.39, 0.29) is 11.9 Å². The molecule has 0 bridgehead atoms. The van der Waals surface area contributed by atoms with Crippen LogP contribution in [0.2, 0.25) is 0 Å². The van der Waals surface area contributed by atoms with E-state index in [0.29, 0.717) is 0 Å². The topological polar surface area (TPSA) is 37.3 Å². The predicted octanol–water partition coefficient (Wildman–Crippen LogP) is 1.85. The van der Waals surface area contributed by atoms with Gasteiger partial charge < -0.3 is 14.8 Å². The molecule has 1 rings (SSSR count). The maximum atomic E-state index is 11.9. The quantitative estimate of drug-likeness (QED) is 0.803. The Morgan fingerprint density at radius 2 is 2.22 bits per heavy atom. The van der Waals surface area contributed by atoms with Crippen LogP contribution in [0.15, 0.2) is 18.5 Å². The number of hydrogen-bond donors (Lipinski definition) is 1. The number of rotatable bonds is 7. The summed E-state index contributed by atoms with van der Waals surface area (Å²) in [7, 11) is 1.83. The van der Waals surface area contributed by atoms with Gasteiger partial charge in [-0.05, 0) is 31.9 Å². The zero-order chi connectivity index (χ0) is 13.5. The number of hydrogen-bond acceptors (Lipinski definition) is 2. The van der Waals surface area contributed by atoms with Gasteiger partial charge in [-0.1, -0.05) is 6.92 Å². The van der Waals surface area contributed by atoms with Gasteiger partial charge in [0.25, 0.3) is 0 Å². The van der Waals surface area contributed by atoms with Crippen molar-refractivity contribution in [1.82, 2.24) is 14.8 Å². The molecule has 0 fully saturated rings. The molecule has 0 spiro atoms. The molecular formula is C14H25N3O. The van der Waals surface area contributed by atoms with E-state index < -0.39 is 0 Å². The molecule has 0 radical (unpaired) electrons. The predicted molar refractivity (Wildman–Crippen MR) is 74.3 cm³/mol. The highest BCUT2D eigenvalue weighted by molar-refractivity contribution is 5.81. The fourth-order valence-electron chi connectivity index (χ4n) is 1.84. The lowest BCUT2D eigenvalue weighted by Crippen LogP contribution is -2.42. The van der Waals surface area contributed by atoms with Gasteiger partial charge in [-0.3, -0.25) is 4.79 Å². The molecule has 102 valence electrons. The van der Waals surface area contributed by atoms with Crippen molar-refractivity contribution in [2.75, 3.05) is 13.6 Å². The minimum Gasteiger partial charge on any atom is -0.354 e. The van der Waals surface area contributed by atoms with Crippen LogP contribution in [-0.4, -0.2) is 35.0 Å². The molecule has 1 atom stereocenters. The number of aryl methyl sites for hydroxylation is 1. The molecule has 4 heteroatoms. The van der Waals surface area contributed by atoms with Gasteiger partial charge in [-0.25, -0.2) is 0 Å². The molecule has 1 amide bonds. The highest BCUT2D eigenvalue weighted by Gasteiger charge is 2.15. The summed E-state index contributed by atoms with van der Waals surface area (Å²) < 4.78 is 2.18. The summed E-state index contributed by atoms with van der Waals surface area (Å²) in [6.45, 7) is 8.60. The minimum absolute atomic E-state index is 0.135. The Kier molecular flexibility index (Phi) is 5.92. The highest BCUT2D eigenvalue weighted by atomic mass is 16.2. The minimum atomic E-state index is -0.135. The first-order valence-corrected chi connectivity index (χ1v) is 6.71. The summed E-state index contributed by atoms with van der Waals surface area (Å²) in [4.78, 5) is 13.6. The molecule has 4 nitrogen and oxygen atoms in total. The second-order valence-electron chi connectivity index (χ2n) is 4.71. The van der Waals surface area contributed by atoms with Crippen molar-refractivity contribution in [3.05, 3.63) is 24.0 Å². The first kappa shape index (κ1) is 14.8. The van der Waals surface area contributed by atoms with E-state index in [1.165, 1.54) is 5.56 Å². The van der Waals surface area contributed by atoms with E-state index >= 15 is 0 Å². The normalized spacial score (nSPS) is 12.4. The zero-order valence-corrected chi connectivity index (χ0v) is 11.9. The van der Waals surface area contributed by atoms with Crippen molar-refractivity contribution in [1.29, 1.82) is 0 Å². The van der Waals surface area contributed by atoms with Crippen LogP contribution in [0.5, 0.6) is 0 Å². The second-order valence-corrected chi connectivity index (χ2v) is 4.71. The molecular weight excluding hydrogens is 226 g/mol. The van der Waals surface area contributed by atoms with Crippen LogP contribution in [-0.2, 0) is 17.9 Å². The summed E-state index contributed by atoms with van der Waals surface area (Å²) in [5.74, 6) is 0.144. The van der Waals surface area contributed by atoms with Gasteiger partial charge in [-0.2, -0.15) is 0 Å². The lowest BCUT2D eigenvalue weighted by molar-refractivity contribution is -0.131. The monoisotopic (exact) mass is 251 g/mol. The van der Waals surface area contributed by atoms with Crippen LogP contribution in [0.4, 0.5) is 0 Å². The van der Waals surface area contributed by atoms with Crippen molar-refractivity contribution in [2.45, 2.75) is 46.3 Å². The molecule has 1 unspecified atom stereocenters. The van der Waals surface area contributed by atoms with Gasteiger partial charge in [0.2, 0.25) is 5.91 Å². The number of amides is 1. The lowest BCUT2D eigenvalue weighted by atomic mass is 10.2. The van der Waals surface area contributed by atoms with Gasteiger partial charge in [0.15, 0.2) is 0 Å². The third-order valence-electron chi connectivity index (χ3n) is 3.13. The lowest BCUT2D eigenvalue weighted by Gasteiger charge is -2.20. The Hall–Kier alpha value is -1.29. The van der Waals surface area contributed by atoms with Crippen LogP contribution in [0.25, 0.3) is 0 Å². The van der Waals surface area contributed by atoms with Gasteiger partial charge >= 0.3 is 0 Å². The number of aromatic nitrogens is 1. The highest BCUT2D eigenvalue weighted by Crippen LogP contribution is 2.03. The Morgan fingerprint density at radius 1 is 1.50 bits per heavy atom. The Bertz CT molecular complexity index is 373. The van der Waals surface area contributed by atoms with Crippen molar-refractivity contribution >= 4 is 5.91 Å². The fraction of sp³-hybridized carbons (Fsp3) is 0.643. The molecule has 1 heterocycles. The average molecular weight is 251 g/mol. The number of nitrogens with zero attached hydrogens (tertiary/aromatic N) is 2. The van der Waals surface area contributed by atoms with Gasteiger partial charge in [0, 0.05) is 39.1 Å². The molecule has 0 aliphatic heterocycles. The Morgan fingerprint density at radius 3 is 2.83 bits per heavy atom. The number of likely N-dealkylation sites (N-methyl/N-ethyl adjacent to an activating group) is 1. The third kappa shape index (κ3) is 4.18. The SMILES string of the molecule is CCCn1ccc(CNC(C)C(=O)N(C)CC)c1. The van der Waals surface area contributed by atoms with Crippen LogP contribution < -0.4 is 5.32 Å². The molecule has 1 aromatic rings. The Labute approximate surface area is 110 Å². The van der Waals surface area contributed by atoms with Crippen LogP contribution in [0.3, 0.4) is 0 Å². The molecule has 0 saturated heterocycles. The average Bonchev–Trinajstić information content (AvgIpc) is 2.82. The second kappa shape index (κ2) is 7.21. The largest absolute Gasteiger partial charge is 0.354 e. The molecule has 0 aliphatic carbocycles. The van der Waals surface area contributed by atoms with Crippen LogP contribution in [0.1, 0.15) is 32.8 Å². The van der Waals surface area contributed by atoms with Gasteiger partial charge in [0.1, 0.15) is 0 Å². The standard InChI is InChI=1S/C14H25N3O/c1-5-8-17-9-7-13(11-17)10-15-12(3)14(18)16(4)6-2/h7,9,11-12,15H,5-6,8,10H2,1-4H3. The molecule has 1 N–H and O–H groups in total.